The molecule has 0 radical (unpaired) electrons. The van der Waals surface area contributed by atoms with Gasteiger partial charge >= 0.3 is 0 Å². The number of nitrogens with one attached hydrogen (secondary N) is 1. The van der Waals surface area contributed by atoms with Crippen molar-refractivity contribution >= 4 is 28.8 Å². The molecule has 0 unspecified atom stereocenters. The normalized spacial score (nSPS) is 17.1. The smallest absolute Gasteiger partial charge is 0.274 e. The Kier molecular flexibility index (Phi) is 8.15. The number of rotatable bonds is 6. The monoisotopic (exact) mass is 623 g/mol. The molecular weight excluding hydrogens is 581 g/mol. The van der Waals surface area contributed by atoms with Crippen molar-refractivity contribution < 1.29 is 9.18 Å². The quantitative estimate of drug-likeness (QED) is 0.311. The molecule has 1 N–H and O–H groups in total. The summed E-state index contributed by atoms with van der Waals surface area (Å²) in [5, 5.41) is 3.21. The lowest BCUT2D eigenvalue weighted by Gasteiger charge is -2.32. The number of aryl methyl sites for hydroxylation is 2. The van der Waals surface area contributed by atoms with Crippen molar-refractivity contribution in [1.82, 2.24) is 19.0 Å². The van der Waals surface area contributed by atoms with E-state index >= 15 is 4.39 Å². The molecule has 46 heavy (non-hydrogen) atoms. The van der Waals surface area contributed by atoms with E-state index in [-0.39, 0.29) is 11.5 Å². The molecule has 10 heteroatoms. The van der Waals surface area contributed by atoms with Crippen LogP contribution in [0, 0.1) is 5.82 Å². The number of likely N-dealkylation sites (N-methyl/N-ethyl adjacent to an activating group) is 1. The van der Waals surface area contributed by atoms with Crippen LogP contribution in [-0.4, -0.2) is 64.7 Å². The SMILES string of the molecule is CCc1c(-c2cc(Nc3ccc(N4CCCN(C)CC4)cn3)c(=O)n(C)c2)cc(F)cc1N1CCn2c(cc3c2CCCC3)C1=O. The van der Waals surface area contributed by atoms with Gasteiger partial charge in [-0.15, -0.1) is 0 Å². The number of carbonyl (C=O) groups is 1. The molecular formula is C36H42FN7O2. The highest BCUT2D eigenvalue weighted by Crippen LogP contribution is 2.37. The second kappa shape index (κ2) is 12.4. The maximum atomic E-state index is 15.4. The van der Waals surface area contributed by atoms with Crippen molar-refractivity contribution in [3.63, 3.8) is 0 Å². The lowest BCUT2D eigenvalue weighted by atomic mass is 9.95. The molecule has 240 valence electrons. The first-order valence-corrected chi connectivity index (χ1v) is 16.5. The Hall–Kier alpha value is -4.44. The number of fused-ring (bicyclic) bond motifs is 3. The highest BCUT2D eigenvalue weighted by atomic mass is 19.1. The van der Waals surface area contributed by atoms with E-state index in [0.717, 1.165) is 69.5 Å². The Balaban J connectivity index is 1.19. The van der Waals surface area contributed by atoms with Crippen LogP contribution in [0.3, 0.4) is 0 Å². The zero-order valence-corrected chi connectivity index (χ0v) is 27.0. The van der Waals surface area contributed by atoms with Crippen molar-refractivity contribution in [2.75, 3.05) is 54.9 Å². The fourth-order valence-electron chi connectivity index (χ4n) is 7.40. The van der Waals surface area contributed by atoms with E-state index in [1.165, 1.54) is 28.0 Å². The van der Waals surface area contributed by atoms with Gasteiger partial charge < -0.3 is 29.2 Å². The molecule has 1 aromatic carbocycles. The van der Waals surface area contributed by atoms with Crippen LogP contribution in [0.2, 0.25) is 0 Å². The van der Waals surface area contributed by atoms with Gasteiger partial charge in [0, 0.05) is 57.2 Å². The van der Waals surface area contributed by atoms with Gasteiger partial charge in [-0.05, 0) is 105 Å². The topological polar surface area (TPSA) is 78.6 Å². The molecule has 4 aromatic rings. The molecule has 1 aliphatic carbocycles. The van der Waals surface area contributed by atoms with E-state index in [2.05, 4.69) is 31.7 Å². The Morgan fingerprint density at radius 3 is 2.57 bits per heavy atom. The number of hydrogen-bond donors (Lipinski definition) is 1. The summed E-state index contributed by atoms with van der Waals surface area (Å²) in [6.07, 6.45) is 9.58. The Bertz CT molecular complexity index is 1840. The number of pyridine rings is 2. The van der Waals surface area contributed by atoms with Crippen molar-refractivity contribution in [2.45, 2.75) is 52.0 Å². The number of anilines is 4. The van der Waals surface area contributed by atoms with Gasteiger partial charge in [-0.1, -0.05) is 6.92 Å². The zero-order valence-electron chi connectivity index (χ0n) is 27.0. The summed E-state index contributed by atoms with van der Waals surface area (Å²) in [5.74, 6) is 0.0530. The molecule has 3 aromatic heterocycles. The number of halogens is 1. The Morgan fingerprint density at radius 1 is 0.913 bits per heavy atom. The molecule has 9 nitrogen and oxygen atoms in total. The standard InChI is InChI=1S/C36H42FN7O2/c1-4-28-29(20-26(37)21-32(28)44-17-16-43-31-9-6-5-8-24(31)19-33(43)36(44)46)25-18-30(35(45)41(3)23-25)39-34-11-10-27(22-38-34)42-13-7-12-40(2)14-15-42/h10-11,18-23H,4-9,12-17H2,1-3H3,(H,38,39). The minimum atomic E-state index is -0.421. The van der Waals surface area contributed by atoms with Crippen LogP contribution in [0.1, 0.15) is 53.5 Å². The minimum absolute atomic E-state index is 0.0866. The van der Waals surface area contributed by atoms with Crippen LogP contribution in [-0.2, 0) is 32.9 Å². The summed E-state index contributed by atoms with van der Waals surface area (Å²) >= 11 is 0. The first-order valence-electron chi connectivity index (χ1n) is 16.5. The fourth-order valence-corrected chi connectivity index (χ4v) is 7.40. The first-order chi connectivity index (χ1) is 22.3. The van der Waals surface area contributed by atoms with Gasteiger partial charge in [0.2, 0.25) is 0 Å². The average Bonchev–Trinajstić information content (AvgIpc) is 3.31. The van der Waals surface area contributed by atoms with Crippen molar-refractivity contribution in [1.29, 1.82) is 0 Å². The van der Waals surface area contributed by atoms with Gasteiger partial charge in [0.05, 0.1) is 17.6 Å². The number of amides is 1. The maximum absolute atomic E-state index is 15.4. The van der Waals surface area contributed by atoms with Gasteiger partial charge in [0.25, 0.3) is 11.5 Å². The van der Waals surface area contributed by atoms with E-state index in [9.17, 15) is 9.59 Å². The average molecular weight is 624 g/mol. The third-order valence-electron chi connectivity index (χ3n) is 9.84. The number of carbonyl (C=O) groups excluding carboxylic acids is 1. The highest BCUT2D eigenvalue weighted by molar-refractivity contribution is 6.07. The molecule has 1 amide bonds. The van der Waals surface area contributed by atoms with Gasteiger partial charge in [0.15, 0.2) is 0 Å². The van der Waals surface area contributed by atoms with Crippen LogP contribution in [0.4, 0.5) is 27.3 Å². The van der Waals surface area contributed by atoms with E-state index in [1.54, 1.807) is 24.2 Å². The number of nitrogens with zero attached hydrogens (tertiary/aromatic N) is 6. The molecule has 1 fully saturated rings. The second-order valence-electron chi connectivity index (χ2n) is 12.9. The summed E-state index contributed by atoms with van der Waals surface area (Å²) in [6, 6.07) is 10.7. The third-order valence-corrected chi connectivity index (χ3v) is 9.84. The maximum Gasteiger partial charge on any atom is 0.274 e. The van der Waals surface area contributed by atoms with E-state index < -0.39 is 5.82 Å². The molecule has 5 heterocycles. The number of hydrogen-bond acceptors (Lipinski definition) is 6. The van der Waals surface area contributed by atoms with Gasteiger partial charge in [-0.2, -0.15) is 0 Å². The number of benzene rings is 1. The van der Waals surface area contributed by atoms with E-state index in [0.29, 0.717) is 53.5 Å². The van der Waals surface area contributed by atoms with Crippen LogP contribution in [0.5, 0.6) is 0 Å². The Morgan fingerprint density at radius 2 is 1.76 bits per heavy atom. The molecule has 1 saturated heterocycles. The molecule has 3 aliphatic rings. The molecule has 0 saturated carbocycles. The minimum Gasteiger partial charge on any atom is -0.369 e. The predicted octanol–water partition coefficient (Wildman–Crippen LogP) is 5.38. The summed E-state index contributed by atoms with van der Waals surface area (Å²) in [5.41, 5.74) is 7.27. The molecule has 0 atom stereocenters. The van der Waals surface area contributed by atoms with E-state index in [1.807, 2.05) is 31.3 Å². The molecule has 7 rings (SSSR count). The highest BCUT2D eigenvalue weighted by Gasteiger charge is 2.32. The predicted molar refractivity (Wildman–Crippen MR) is 181 cm³/mol. The lowest BCUT2D eigenvalue weighted by molar-refractivity contribution is 0.0964. The van der Waals surface area contributed by atoms with Crippen molar-refractivity contribution in [3.8, 4) is 11.1 Å². The number of aromatic nitrogens is 3. The third kappa shape index (κ3) is 5.59. The molecule has 2 aliphatic heterocycles. The van der Waals surface area contributed by atoms with Gasteiger partial charge in [-0.25, -0.2) is 9.37 Å². The van der Waals surface area contributed by atoms with Crippen molar-refractivity contribution in [3.05, 3.63) is 87.5 Å². The Labute approximate surface area is 269 Å². The summed E-state index contributed by atoms with van der Waals surface area (Å²) in [6.45, 7) is 7.21. The largest absolute Gasteiger partial charge is 0.369 e. The summed E-state index contributed by atoms with van der Waals surface area (Å²) in [4.78, 5) is 38.2. The van der Waals surface area contributed by atoms with Crippen LogP contribution in [0.15, 0.2) is 53.6 Å². The summed E-state index contributed by atoms with van der Waals surface area (Å²) < 4.78 is 19.1. The second-order valence-corrected chi connectivity index (χ2v) is 12.9. The zero-order chi connectivity index (χ0) is 31.9. The van der Waals surface area contributed by atoms with Crippen molar-refractivity contribution in [2.24, 2.45) is 7.05 Å². The molecule has 0 spiro atoms. The van der Waals surface area contributed by atoms with Gasteiger partial charge in [-0.3, -0.25) is 9.59 Å². The molecule has 0 bridgehead atoms. The van der Waals surface area contributed by atoms with Crippen LogP contribution in [0.25, 0.3) is 11.1 Å². The fraction of sp³-hybridized carbons (Fsp3) is 0.417. The van der Waals surface area contributed by atoms with Crippen LogP contribution < -0.4 is 20.7 Å². The summed E-state index contributed by atoms with van der Waals surface area (Å²) in [7, 11) is 3.84. The lowest BCUT2D eigenvalue weighted by Crippen LogP contribution is -2.41. The van der Waals surface area contributed by atoms with Crippen LogP contribution >= 0.6 is 0 Å². The first kappa shape index (κ1) is 30.2. The van der Waals surface area contributed by atoms with E-state index in [4.69, 9.17) is 0 Å². The van der Waals surface area contributed by atoms with Gasteiger partial charge in [0.1, 0.15) is 23.0 Å².